The van der Waals surface area contributed by atoms with Crippen molar-refractivity contribution < 1.29 is 9.47 Å². The van der Waals surface area contributed by atoms with Crippen molar-refractivity contribution in [3.05, 3.63) is 35.4 Å². The van der Waals surface area contributed by atoms with Gasteiger partial charge in [-0.05, 0) is 25.0 Å². The second kappa shape index (κ2) is 8.23. The van der Waals surface area contributed by atoms with Gasteiger partial charge in [0.05, 0.1) is 12.7 Å². The molecule has 0 aromatic heterocycles. The Morgan fingerprint density at radius 1 is 1.24 bits per heavy atom. The van der Waals surface area contributed by atoms with Crippen molar-refractivity contribution in [1.29, 1.82) is 0 Å². The summed E-state index contributed by atoms with van der Waals surface area (Å²) >= 11 is 0. The van der Waals surface area contributed by atoms with Crippen LogP contribution in [0.3, 0.4) is 0 Å². The summed E-state index contributed by atoms with van der Waals surface area (Å²) in [6, 6.07) is 8.34. The Labute approximate surface area is 104 Å². The molecule has 1 rings (SSSR count). The Morgan fingerprint density at radius 3 is 2.59 bits per heavy atom. The third kappa shape index (κ3) is 5.31. The highest BCUT2D eigenvalue weighted by atomic mass is 16.5. The molecule has 0 amide bonds. The summed E-state index contributed by atoms with van der Waals surface area (Å²) in [6.45, 7) is 7.26. The molecule has 0 saturated carbocycles. The summed E-state index contributed by atoms with van der Waals surface area (Å²) in [5.74, 6) is 0. The van der Waals surface area contributed by atoms with Gasteiger partial charge in [-0.3, -0.25) is 0 Å². The number of nitrogens with one attached hydrogen (secondary N) is 1. The fourth-order valence-corrected chi connectivity index (χ4v) is 1.78. The van der Waals surface area contributed by atoms with Crippen LogP contribution in [-0.2, 0) is 22.6 Å². The lowest BCUT2D eigenvalue weighted by Crippen LogP contribution is -2.26. The molecular formula is C14H23NO2. The molecule has 1 unspecified atom stereocenters. The largest absolute Gasteiger partial charge is 0.380 e. The van der Waals surface area contributed by atoms with Gasteiger partial charge in [-0.2, -0.15) is 0 Å². The molecule has 1 aromatic rings. The van der Waals surface area contributed by atoms with Crippen molar-refractivity contribution >= 4 is 0 Å². The van der Waals surface area contributed by atoms with Gasteiger partial charge in [-0.25, -0.2) is 0 Å². The average molecular weight is 237 g/mol. The van der Waals surface area contributed by atoms with E-state index in [4.69, 9.17) is 9.47 Å². The summed E-state index contributed by atoms with van der Waals surface area (Å²) in [5, 5.41) is 3.40. The zero-order valence-electron chi connectivity index (χ0n) is 11.0. The second-order valence-electron chi connectivity index (χ2n) is 4.10. The third-order valence-corrected chi connectivity index (χ3v) is 2.62. The van der Waals surface area contributed by atoms with Gasteiger partial charge in [0.25, 0.3) is 0 Å². The van der Waals surface area contributed by atoms with Gasteiger partial charge in [0, 0.05) is 26.8 Å². The van der Waals surface area contributed by atoms with Crippen molar-refractivity contribution in [2.24, 2.45) is 0 Å². The average Bonchev–Trinajstić information content (AvgIpc) is 2.32. The van der Waals surface area contributed by atoms with Gasteiger partial charge in [-0.1, -0.05) is 24.3 Å². The third-order valence-electron chi connectivity index (χ3n) is 2.62. The molecule has 0 radical (unpaired) electrons. The van der Waals surface area contributed by atoms with Crippen molar-refractivity contribution in [2.45, 2.75) is 33.1 Å². The molecule has 0 aliphatic heterocycles. The van der Waals surface area contributed by atoms with Crippen LogP contribution in [0, 0.1) is 0 Å². The number of hydrogen-bond acceptors (Lipinski definition) is 3. The number of benzene rings is 1. The lowest BCUT2D eigenvalue weighted by Gasteiger charge is -2.14. The molecule has 0 saturated heterocycles. The Hall–Kier alpha value is -0.900. The molecule has 1 N–H and O–H groups in total. The summed E-state index contributed by atoms with van der Waals surface area (Å²) < 4.78 is 10.7. The van der Waals surface area contributed by atoms with Gasteiger partial charge in [0.1, 0.15) is 0 Å². The van der Waals surface area contributed by atoms with E-state index in [0.29, 0.717) is 6.61 Å². The summed E-state index contributed by atoms with van der Waals surface area (Å²) in [5.41, 5.74) is 2.53. The first-order valence-corrected chi connectivity index (χ1v) is 6.16. The zero-order valence-corrected chi connectivity index (χ0v) is 11.0. The fraction of sp³-hybridized carbons (Fsp3) is 0.571. The lowest BCUT2D eigenvalue weighted by molar-refractivity contribution is 0.0759. The van der Waals surface area contributed by atoms with E-state index in [-0.39, 0.29) is 6.10 Å². The minimum absolute atomic E-state index is 0.259. The molecule has 0 heterocycles. The van der Waals surface area contributed by atoms with Crippen LogP contribution in [0.15, 0.2) is 24.3 Å². The van der Waals surface area contributed by atoms with Crippen LogP contribution in [0.25, 0.3) is 0 Å². The highest BCUT2D eigenvalue weighted by Crippen LogP contribution is 2.09. The van der Waals surface area contributed by atoms with Crippen LogP contribution in [0.1, 0.15) is 25.0 Å². The van der Waals surface area contributed by atoms with Crippen LogP contribution in [-0.4, -0.2) is 26.4 Å². The van der Waals surface area contributed by atoms with E-state index in [2.05, 4.69) is 30.4 Å². The molecule has 17 heavy (non-hydrogen) atoms. The quantitative estimate of drug-likeness (QED) is 0.753. The summed E-state index contributed by atoms with van der Waals surface area (Å²) in [6.07, 6.45) is 0.259. The Kier molecular flexibility index (Phi) is 6.86. The summed E-state index contributed by atoms with van der Waals surface area (Å²) in [4.78, 5) is 0. The van der Waals surface area contributed by atoms with Crippen LogP contribution >= 0.6 is 0 Å². The SMILES string of the molecule is CCOC(C)CNCc1ccccc1COC. The van der Waals surface area contributed by atoms with Crippen LogP contribution in [0.4, 0.5) is 0 Å². The first-order valence-electron chi connectivity index (χ1n) is 6.16. The van der Waals surface area contributed by atoms with E-state index in [1.165, 1.54) is 11.1 Å². The van der Waals surface area contributed by atoms with Crippen molar-refractivity contribution in [3.63, 3.8) is 0 Å². The normalized spacial score (nSPS) is 12.6. The van der Waals surface area contributed by atoms with Gasteiger partial charge >= 0.3 is 0 Å². The van der Waals surface area contributed by atoms with Gasteiger partial charge in [0.2, 0.25) is 0 Å². The Morgan fingerprint density at radius 2 is 1.94 bits per heavy atom. The minimum Gasteiger partial charge on any atom is -0.380 e. The monoisotopic (exact) mass is 237 g/mol. The maximum absolute atomic E-state index is 5.47. The number of hydrogen-bond donors (Lipinski definition) is 1. The van der Waals surface area contributed by atoms with E-state index in [9.17, 15) is 0 Å². The molecule has 0 bridgehead atoms. The first-order chi connectivity index (χ1) is 8.27. The van der Waals surface area contributed by atoms with Crippen LogP contribution in [0.5, 0.6) is 0 Å². The van der Waals surface area contributed by atoms with Gasteiger partial charge in [-0.15, -0.1) is 0 Å². The smallest absolute Gasteiger partial charge is 0.0716 e. The topological polar surface area (TPSA) is 30.5 Å². The minimum atomic E-state index is 0.259. The number of ether oxygens (including phenoxy) is 2. The van der Waals surface area contributed by atoms with E-state index in [0.717, 1.165) is 19.7 Å². The highest BCUT2D eigenvalue weighted by molar-refractivity contribution is 5.26. The van der Waals surface area contributed by atoms with E-state index < -0.39 is 0 Å². The molecular weight excluding hydrogens is 214 g/mol. The van der Waals surface area contributed by atoms with Crippen molar-refractivity contribution in [1.82, 2.24) is 5.32 Å². The maximum Gasteiger partial charge on any atom is 0.0716 e. The van der Waals surface area contributed by atoms with Crippen molar-refractivity contribution in [3.8, 4) is 0 Å². The molecule has 1 atom stereocenters. The number of rotatable bonds is 8. The molecule has 3 heteroatoms. The van der Waals surface area contributed by atoms with E-state index >= 15 is 0 Å². The summed E-state index contributed by atoms with van der Waals surface area (Å²) in [7, 11) is 1.72. The number of methoxy groups -OCH3 is 1. The standard InChI is InChI=1S/C14H23NO2/c1-4-17-12(2)9-15-10-13-7-5-6-8-14(13)11-16-3/h5-8,12,15H,4,9-11H2,1-3H3. The van der Waals surface area contributed by atoms with Gasteiger partial charge in [0.15, 0.2) is 0 Å². The van der Waals surface area contributed by atoms with E-state index in [1.54, 1.807) is 7.11 Å². The second-order valence-corrected chi connectivity index (χ2v) is 4.10. The maximum atomic E-state index is 5.47. The highest BCUT2D eigenvalue weighted by Gasteiger charge is 2.03. The molecule has 1 aromatic carbocycles. The van der Waals surface area contributed by atoms with Crippen LogP contribution in [0.2, 0.25) is 0 Å². The molecule has 0 fully saturated rings. The zero-order chi connectivity index (χ0) is 12.5. The molecule has 3 nitrogen and oxygen atoms in total. The predicted molar refractivity (Wildman–Crippen MR) is 69.9 cm³/mol. The van der Waals surface area contributed by atoms with Gasteiger partial charge < -0.3 is 14.8 Å². The Bertz CT molecular complexity index is 315. The molecule has 96 valence electrons. The molecule has 0 spiro atoms. The fourth-order valence-electron chi connectivity index (χ4n) is 1.78. The Balaban J connectivity index is 2.40. The molecule has 0 aliphatic carbocycles. The predicted octanol–water partition coefficient (Wildman–Crippen LogP) is 2.35. The van der Waals surface area contributed by atoms with E-state index in [1.807, 2.05) is 13.0 Å². The van der Waals surface area contributed by atoms with Crippen molar-refractivity contribution in [2.75, 3.05) is 20.3 Å². The lowest BCUT2D eigenvalue weighted by atomic mass is 10.1. The van der Waals surface area contributed by atoms with Crippen LogP contribution < -0.4 is 5.32 Å². The first kappa shape index (κ1) is 14.2. The molecule has 0 aliphatic rings.